The van der Waals surface area contributed by atoms with E-state index >= 15 is 0 Å². The van der Waals surface area contributed by atoms with E-state index in [9.17, 15) is 9.59 Å². The summed E-state index contributed by atoms with van der Waals surface area (Å²) in [5, 5.41) is 0. The number of aromatic nitrogens is 6. The van der Waals surface area contributed by atoms with Crippen LogP contribution >= 0.6 is 0 Å². The zero-order valence-corrected chi connectivity index (χ0v) is 15.2. The molecule has 0 N–H and O–H groups in total. The molecule has 0 aliphatic rings. The predicted octanol–water partition coefficient (Wildman–Crippen LogP) is 1.68. The van der Waals surface area contributed by atoms with Crippen molar-refractivity contribution in [2.24, 2.45) is 7.05 Å². The number of rotatable bonds is 6. The monoisotopic (exact) mass is 354 g/mol. The second kappa shape index (κ2) is 7.47. The minimum atomic E-state index is -0.298. The molecule has 0 spiro atoms. The first-order valence-corrected chi connectivity index (χ1v) is 8.72. The summed E-state index contributed by atoms with van der Waals surface area (Å²) in [5.41, 5.74) is 0.955. The summed E-state index contributed by atoms with van der Waals surface area (Å²) < 4.78 is 4.62. The van der Waals surface area contributed by atoms with Crippen molar-refractivity contribution in [2.45, 2.75) is 39.8 Å². The predicted molar refractivity (Wildman–Crippen MR) is 101 cm³/mol. The van der Waals surface area contributed by atoms with Crippen LogP contribution in [0.4, 0.5) is 0 Å². The van der Waals surface area contributed by atoms with Gasteiger partial charge in [0.05, 0.1) is 11.9 Å². The van der Waals surface area contributed by atoms with Gasteiger partial charge in [0, 0.05) is 32.5 Å². The highest BCUT2D eigenvalue weighted by molar-refractivity contribution is 5.76. The number of aryl methyl sites for hydroxylation is 2. The first-order chi connectivity index (χ1) is 12.6. The number of hydrogen-bond donors (Lipinski definition) is 0. The molecule has 0 saturated carbocycles. The molecule has 8 nitrogen and oxygen atoms in total. The first kappa shape index (κ1) is 17.8. The van der Waals surface area contributed by atoms with Crippen LogP contribution in [0.2, 0.25) is 0 Å². The maximum atomic E-state index is 12.8. The van der Waals surface area contributed by atoms with Crippen LogP contribution in [0.15, 0.2) is 28.2 Å². The number of fused-ring (bicyclic) bond motifs is 1. The Morgan fingerprint density at radius 2 is 1.77 bits per heavy atom. The average Bonchev–Trinajstić information content (AvgIpc) is 2.98. The fourth-order valence-corrected chi connectivity index (χ4v) is 2.93. The van der Waals surface area contributed by atoms with Gasteiger partial charge in [-0.2, -0.15) is 0 Å². The standard InChI is InChI=1S/C18H22N6O2/c1-4-10-23-16-15(17(25)24(11-5-2)18(23)26)22(3)14(21-16)7-6-13-12-19-8-9-20-13/h6-9,12H,4-5,10-11H2,1-3H3/b7-6+. The lowest BCUT2D eigenvalue weighted by molar-refractivity contribution is 0.554. The van der Waals surface area contributed by atoms with Crippen LogP contribution in [0.3, 0.4) is 0 Å². The molecule has 0 atom stereocenters. The summed E-state index contributed by atoms with van der Waals surface area (Å²) in [6.45, 7) is 4.85. The summed E-state index contributed by atoms with van der Waals surface area (Å²) in [6.07, 6.45) is 9.89. The third-order valence-corrected chi connectivity index (χ3v) is 4.16. The quantitative estimate of drug-likeness (QED) is 0.672. The molecule has 3 aromatic rings. The van der Waals surface area contributed by atoms with Gasteiger partial charge < -0.3 is 4.57 Å². The van der Waals surface area contributed by atoms with Crippen molar-refractivity contribution >= 4 is 23.3 Å². The topological polar surface area (TPSA) is 87.6 Å². The summed E-state index contributed by atoms with van der Waals surface area (Å²) in [4.78, 5) is 38.3. The maximum absolute atomic E-state index is 12.8. The largest absolute Gasteiger partial charge is 0.332 e. The van der Waals surface area contributed by atoms with E-state index in [4.69, 9.17) is 0 Å². The lowest BCUT2D eigenvalue weighted by atomic mass is 10.4. The molecule has 0 fully saturated rings. The van der Waals surface area contributed by atoms with Gasteiger partial charge in [0.1, 0.15) is 5.82 Å². The van der Waals surface area contributed by atoms with E-state index in [0.29, 0.717) is 42.2 Å². The maximum Gasteiger partial charge on any atom is 0.332 e. The molecule has 0 unspecified atom stereocenters. The number of imidazole rings is 1. The van der Waals surface area contributed by atoms with E-state index in [1.54, 1.807) is 46.9 Å². The molecule has 0 radical (unpaired) electrons. The Labute approximate surface area is 150 Å². The van der Waals surface area contributed by atoms with Gasteiger partial charge >= 0.3 is 5.69 Å². The molecule has 0 bridgehead atoms. The zero-order chi connectivity index (χ0) is 18.7. The molecule has 8 heteroatoms. The molecule has 136 valence electrons. The molecular formula is C18H22N6O2. The lowest BCUT2D eigenvalue weighted by Gasteiger charge is -2.10. The minimum absolute atomic E-state index is 0.297. The third-order valence-electron chi connectivity index (χ3n) is 4.16. The Morgan fingerprint density at radius 3 is 2.42 bits per heavy atom. The minimum Gasteiger partial charge on any atom is -0.322 e. The van der Waals surface area contributed by atoms with E-state index in [1.807, 2.05) is 13.8 Å². The van der Waals surface area contributed by atoms with Gasteiger partial charge in [0.25, 0.3) is 5.56 Å². The third kappa shape index (κ3) is 3.10. The molecular weight excluding hydrogens is 332 g/mol. The van der Waals surface area contributed by atoms with E-state index in [0.717, 1.165) is 6.42 Å². The van der Waals surface area contributed by atoms with E-state index in [-0.39, 0.29) is 11.2 Å². The van der Waals surface area contributed by atoms with Crippen LogP contribution in [0.25, 0.3) is 23.3 Å². The highest BCUT2D eigenvalue weighted by atomic mass is 16.2. The summed E-state index contributed by atoms with van der Waals surface area (Å²) in [5.74, 6) is 0.584. The zero-order valence-electron chi connectivity index (χ0n) is 15.2. The summed E-state index contributed by atoms with van der Waals surface area (Å²) in [7, 11) is 1.78. The summed E-state index contributed by atoms with van der Waals surface area (Å²) >= 11 is 0. The van der Waals surface area contributed by atoms with Crippen LogP contribution in [0.5, 0.6) is 0 Å². The Morgan fingerprint density at radius 1 is 1.04 bits per heavy atom. The Kier molecular flexibility index (Phi) is 5.11. The highest BCUT2D eigenvalue weighted by Gasteiger charge is 2.18. The van der Waals surface area contributed by atoms with E-state index < -0.39 is 0 Å². The van der Waals surface area contributed by atoms with Crippen molar-refractivity contribution in [3.63, 3.8) is 0 Å². The molecule has 0 aromatic carbocycles. The van der Waals surface area contributed by atoms with Crippen LogP contribution in [0.1, 0.15) is 38.2 Å². The van der Waals surface area contributed by atoms with Gasteiger partial charge in [0.2, 0.25) is 0 Å². The lowest BCUT2D eigenvalue weighted by Crippen LogP contribution is -2.40. The molecule has 0 saturated heterocycles. The van der Waals surface area contributed by atoms with Gasteiger partial charge in [-0.1, -0.05) is 13.8 Å². The van der Waals surface area contributed by atoms with Crippen molar-refractivity contribution in [3.05, 3.63) is 50.9 Å². The Hall–Kier alpha value is -3.03. The first-order valence-electron chi connectivity index (χ1n) is 8.72. The van der Waals surface area contributed by atoms with Crippen molar-refractivity contribution in [2.75, 3.05) is 0 Å². The second-order valence-corrected chi connectivity index (χ2v) is 6.06. The smallest absolute Gasteiger partial charge is 0.322 e. The Balaban J connectivity index is 2.22. The van der Waals surface area contributed by atoms with E-state index in [2.05, 4.69) is 15.0 Å². The van der Waals surface area contributed by atoms with Gasteiger partial charge in [-0.05, 0) is 25.0 Å². The average molecular weight is 354 g/mol. The van der Waals surface area contributed by atoms with Crippen LogP contribution < -0.4 is 11.2 Å². The second-order valence-electron chi connectivity index (χ2n) is 6.06. The normalized spacial score (nSPS) is 11.7. The molecule has 3 heterocycles. The van der Waals surface area contributed by atoms with Gasteiger partial charge in [-0.15, -0.1) is 0 Å². The SMILES string of the molecule is CCCn1c(=O)c2c(nc(/C=C/c3cnccn3)n2C)n(CCC)c1=O. The fraction of sp³-hybridized carbons (Fsp3) is 0.389. The molecule has 26 heavy (non-hydrogen) atoms. The molecule has 0 aliphatic heterocycles. The van der Waals surface area contributed by atoms with E-state index in [1.165, 1.54) is 4.57 Å². The van der Waals surface area contributed by atoms with Crippen LogP contribution in [0, 0.1) is 0 Å². The van der Waals surface area contributed by atoms with Crippen molar-refractivity contribution in [1.29, 1.82) is 0 Å². The highest BCUT2D eigenvalue weighted by Crippen LogP contribution is 2.13. The number of hydrogen-bond acceptors (Lipinski definition) is 5. The van der Waals surface area contributed by atoms with Gasteiger partial charge in [0.15, 0.2) is 11.2 Å². The van der Waals surface area contributed by atoms with Crippen LogP contribution in [-0.4, -0.2) is 28.7 Å². The summed E-state index contributed by atoms with van der Waals surface area (Å²) in [6, 6.07) is 0. The molecule has 0 aliphatic carbocycles. The van der Waals surface area contributed by atoms with Gasteiger partial charge in [-0.25, -0.2) is 9.78 Å². The fourth-order valence-electron chi connectivity index (χ4n) is 2.93. The van der Waals surface area contributed by atoms with Crippen molar-refractivity contribution < 1.29 is 0 Å². The number of nitrogens with zero attached hydrogens (tertiary/aromatic N) is 6. The molecule has 3 aromatic heterocycles. The van der Waals surface area contributed by atoms with Crippen molar-refractivity contribution in [3.8, 4) is 0 Å². The molecule has 3 rings (SSSR count). The van der Waals surface area contributed by atoms with Gasteiger partial charge in [-0.3, -0.25) is 23.9 Å². The van der Waals surface area contributed by atoms with Crippen molar-refractivity contribution in [1.82, 2.24) is 28.7 Å². The molecule has 0 amide bonds. The van der Waals surface area contributed by atoms with Crippen LogP contribution in [-0.2, 0) is 20.1 Å². The Bertz CT molecular complexity index is 1060.